The second-order valence-electron chi connectivity index (χ2n) is 4.07. The Hall–Kier alpha value is -1.55. The Kier molecular flexibility index (Phi) is 3.41. The van der Waals surface area contributed by atoms with Crippen LogP contribution in [0, 0.1) is 0 Å². The van der Waals surface area contributed by atoms with Gasteiger partial charge in [-0.3, -0.25) is 0 Å². The number of rotatable bonds is 2. The van der Waals surface area contributed by atoms with Crippen LogP contribution in [0.3, 0.4) is 0 Å². The minimum atomic E-state index is -0.820. The van der Waals surface area contributed by atoms with E-state index < -0.39 is 6.09 Å². The van der Waals surface area contributed by atoms with Gasteiger partial charge in [0, 0.05) is 25.7 Å². The molecule has 1 aromatic rings. The van der Waals surface area contributed by atoms with Gasteiger partial charge in [-0.2, -0.15) is 0 Å². The summed E-state index contributed by atoms with van der Waals surface area (Å²) in [6.45, 7) is 1.90. The van der Waals surface area contributed by atoms with Crippen molar-refractivity contribution >= 4 is 6.09 Å². The number of nitrogens with zero attached hydrogens (tertiary/aromatic N) is 1. The maximum absolute atomic E-state index is 10.9. The van der Waals surface area contributed by atoms with Crippen molar-refractivity contribution in [1.82, 2.24) is 10.2 Å². The standard InChI is InChI=1S/C12H16N2O2/c15-12(16)14-7-6-13-11(9-14)8-10-4-2-1-3-5-10/h1-5,11,13H,6-9H2,(H,15,16)/t11-/m1/s1. The molecule has 0 bridgehead atoms. The molecule has 4 nitrogen and oxygen atoms in total. The van der Waals surface area contributed by atoms with Crippen LogP contribution in [-0.2, 0) is 6.42 Å². The fourth-order valence-electron chi connectivity index (χ4n) is 2.03. The van der Waals surface area contributed by atoms with Crippen molar-refractivity contribution in [2.45, 2.75) is 12.5 Å². The van der Waals surface area contributed by atoms with Crippen molar-refractivity contribution in [3.63, 3.8) is 0 Å². The van der Waals surface area contributed by atoms with E-state index in [0.717, 1.165) is 13.0 Å². The lowest BCUT2D eigenvalue weighted by atomic mass is 10.0. The van der Waals surface area contributed by atoms with Crippen molar-refractivity contribution in [1.29, 1.82) is 0 Å². The summed E-state index contributed by atoms with van der Waals surface area (Å²) in [5, 5.41) is 12.3. The van der Waals surface area contributed by atoms with Gasteiger partial charge in [-0.15, -0.1) is 0 Å². The zero-order chi connectivity index (χ0) is 11.4. The molecule has 0 radical (unpaired) electrons. The van der Waals surface area contributed by atoms with Crippen molar-refractivity contribution in [3.8, 4) is 0 Å². The van der Waals surface area contributed by atoms with Crippen LogP contribution in [0.4, 0.5) is 4.79 Å². The average Bonchev–Trinajstić information content (AvgIpc) is 2.30. The molecule has 1 atom stereocenters. The van der Waals surface area contributed by atoms with Crippen LogP contribution < -0.4 is 5.32 Å². The first kappa shape index (κ1) is 11.0. The van der Waals surface area contributed by atoms with E-state index in [9.17, 15) is 4.79 Å². The highest BCUT2D eigenvalue weighted by Crippen LogP contribution is 2.07. The van der Waals surface area contributed by atoms with Crippen LogP contribution in [0.25, 0.3) is 0 Å². The fraction of sp³-hybridized carbons (Fsp3) is 0.417. The van der Waals surface area contributed by atoms with E-state index in [1.54, 1.807) is 0 Å². The lowest BCUT2D eigenvalue weighted by Crippen LogP contribution is -2.53. The third-order valence-electron chi connectivity index (χ3n) is 2.85. The molecule has 2 N–H and O–H groups in total. The van der Waals surface area contributed by atoms with Crippen LogP contribution >= 0.6 is 0 Å². The summed E-state index contributed by atoms with van der Waals surface area (Å²) < 4.78 is 0. The summed E-state index contributed by atoms with van der Waals surface area (Å²) >= 11 is 0. The molecule has 1 aliphatic rings. The lowest BCUT2D eigenvalue weighted by molar-refractivity contribution is 0.128. The van der Waals surface area contributed by atoms with Gasteiger partial charge in [0.2, 0.25) is 0 Å². The number of carboxylic acid groups (broad SMARTS) is 1. The van der Waals surface area contributed by atoms with Gasteiger partial charge in [-0.25, -0.2) is 4.79 Å². The van der Waals surface area contributed by atoms with E-state index in [4.69, 9.17) is 5.11 Å². The Labute approximate surface area is 94.9 Å². The molecule has 1 fully saturated rings. The van der Waals surface area contributed by atoms with Gasteiger partial charge in [-0.05, 0) is 12.0 Å². The zero-order valence-electron chi connectivity index (χ0n) is 9.10. The monoisotopic (exact) mass is 220 g/mol. The number of amides is 1. The molecule has 4 heteroatoms. The van der Waals surface area contributed by atoms with E-state index in [-0.39, 0.29) is 6.04 Å². The van der Waals surface area contributed by atoms with Crippen LogP contribution in [-0.4, -0.2) is 41.8 Å². The number of hydrogen-bond donors (Lipinski definition) is 2. The van der Waals surface area contributed by atoms with Crippen LogP contribution in [0.2, 0.25) is 0 Å². The molecule has 2 rings (SSSR count). The lowest BCUT2D eigenvalue weighted by Gasteiger charge is -2.31. The predicted molar refractivity (Wildman–Crippen MR) is 61.5 cm³/mol. The quantitative estimate of drug-likeness (QED) is 0.787. The Balaban J connectivity index is 1.93. The third-order valence-corrected chi connectivity index (χ3v) is 2.85. The highest BCUT2D eigenvalue weighted by Gasteiger charge is 2.22. The normalized spacial score (nSPS) is 20.8. The molecule has 1 aromatic carbocycles. The molecular formula is C12H16N2O2. The molecular weight excluding hydrogens is 204 g/mol. The van der Waals surface area contributed by atoms with E-state index in [1.807, 2.05) is 18.2 Å². The van der Waals surface area contributed by atoms with E-state index >= 15 is 0 Å². The van der Waals surface area contributed by atoms with Crippen molar-refractivity contribution in [2.24, 2.45) is 0 Å². The molecule has 16 heavy (non-hydrogen) atoms. The molecule has 0 saturated carbocycles. The van der Waals surface area contributed by atoms with Gasteiger partial charge < -0.3 is 15.3 Å². The Morgan fingerprint density at radius 1 is 1.44 bits per heavy atom. The second-order valence-corrected chi connectivity index (χ2v) is 4.07. The Morgan fingerprint density at radius 3 is 2.88 bits per heavy atom. The van der Waals surface area contributed by atoms with Crippen LogP contribution in [0.5, 0.6) is 0 Å². The van der Waals surface area contributed by atoms with Crippen molar-refractivity contribution in [3.05, 3.63) is 35.9 Å². The Morgan fingerprint density at radius 2 is 2.19 bits per heavy atom. The van der Waals surface area contributed by atoms with Gasteiger partial charge in [0.05, 0.1) is 0 Å². The maximum atomic E-state index is 10.9. The second kappa shape index (κ2) is 4.99. The molecule has 1 saturated heterocycles. The highest BCUT2D eigenvalue weighted by atomic mass is 16.4. The average molecular weight is 220 g/mol. The molecule has 0 unspecified atom stereocenters. The van der Waals surface area contributed by atoms with E-state index in [2.05, 4.69) is 17.4 Å². The molecule has 1 heterocycles. The largest absolute Gasteiger partial charge is 0.465 e. The smallest absolute Gasteiger partial charge is 0.407 e. The van der Waals surface area contributed by atoms with Gasteiger partial charge >= 0.3 is 6.09 Å². The molecule has 1 aliphatic heterocycles. The molecule has 1 amide bonds. The molecule has 0 aliphatic carbocycles. The first-order chi connectivity index (χ1) is 7.75. The predicted octanol–water partition coefficient (Wildman–Crippen LogP) is 1.18. The SMILES string of the molecule is O=C(O)N1CCN[C@H](Cc2ccccc2)C1. The summed E-state index contributed by atoms with van der Waals surface area (Å²) in [4.78, 5) is 12.3. The van der Waals surface area contributed by atoms with Gasteiger partial charge in [0.15, 0.2) is 0 Å². The van der Waals surface area contributed by atoms with Crippen LogP contribution in [0.15, 0.2) is 30.3 Å². The zero-order valence-corrected chi connectivity index (χ0v) is 9.10. The van der Waals surface area contributed by atoms with Gasteiger partial charge in [0.1, 0.15) is 0 Å². The maximum Gasteiger partial charge on any atom is 0.407 e. The first-order valence-electron chi connectivity index (χ1n) is 5.51. The highest BCUT2D eigenvalue weighted by molar-refractivity contribution is 5.65. The number of benzene rings is 1. The topological polar surface area (TPSA) is 52.6 Å². The summed E-state index contributed by atoms with van der Waals surface area (Å²) in [5.41, 5.74) is 1.24. The Bertz CT molecular complexity index is 353. The minimum absolute atomic E-state index is 0.229. The first-order valence-corrected chi connectivity index (χ1v) is 5.51. The van der Waals surface area contributed by atoms with Crippen molar-refractivity contribution in [2.75, 3.05) is 19.6 Å². The van der Waals surface area contributed by atoms with Gasteiger partial charge in [-0.1, -0.05) is 30.3 Å². The minimum Gasteiger partial charge on any atom is -0.465 e. The van der Waals surface area contributed by atoms with E-state index in [1.165, 1.54) is 10.5 Å². The molecule has 0 spiro atoms. The van der Waals surface area contributed by atoms with E-state index in [0.29, 0.717) is 13.1 Å². The van der Waals surface area contributed by atoms with Crippen LogP contribution in [0.1, 0.15) is 5.56 Å². The molecule has 0 aromatic heterocycles. The number of piperazine rings is 1. The summed E-state index contributed by atoms with van der Waals surface area (Å²) in [6.07, 6.45) is 0.0597. The summed E-state index contributed by atoms with van der Waals surface area (Å²) in [6, 6.07) is 10.4. The summed E-state index contributed by atoms with van der Waals surface area (Å²) in [7, 11) is 0. The number of nitrogens with one attached hydrogen (secondary N) is 1. The van der Waals surface area contributed by atoms with Gasteiger partial charge in [0.25, 0.3) is 0 Å². The fourth-order valence-corrected chi connectivity index (χ4v) is 2.03. The summed E-state index contributed by atoms with van der Waals surface area (Å²) in [5.74, 6) is 0. The van der Waals surface area contributed by atoms with Crippen molar-refractivity contribution < 1.29 is 9.90 Å². The molecule has 86 valence electrons. The number of hydrogen-bond acceptors (Lipinski definition) is 2. The number of carbonyl (C=O) groups is 1. The third kappa shape index (κ3) is 2.73.